The minimum atomic E-state index is -0.917. The molecule has 1 N–H and O–H groups in total. The molecule has 24 heavy (non-hydrogen) atoms. The van der Waals surface area contributed by atoms with Crippen molar-refractivity contribution in [3.8, 4) is 11.3 Å². The lowest BCUT2D eigenvalue weighted by molar-refractivity contribution is -0.115. The molecule has 0 fully saturated rings. The first-order chi connectivity index (χ1) is 11.5. The molecule has 0 spiro atoms. The molecular formula is C18H14F2N2OS. The number of aromatic nitrogens is 1. The van der Waals surface area contributed by atoms with E-state index >= 15 is 0 Å². The van der Waals surface area contributed by atoms with Gasteiger partial charge in [0, 0.05) is 16.6 Å². The Bertz CT molecular complexity index is 892. The average Bonchev–Trinajstić information content (AvgIpc) is 2.98. The molecule has 0 saturated heterocycles. The Hall–Kier alpha value is -2.60. The van der Waals surface area contributed by atoms with Crippen LogP contribution in [0.1, 0.15) is 10.6 Å². The first kappa shape index (κ1) is 16.3. The number of hydrogen-bond acceptors (Lipinski definition) is 3. The van der Waals surface area contributed by atoms with Crippen molar-refractivity contribution in [3.63, 3.8) is 0 Å². The summed E-state index contributed by atoms with van der Waals surface area (Å²) in [5.41, 5.74) is 2.80. The molecule has 0 aliphatic rings. The first-order valence-corrected chi connectivity index (χ1v) is 8.15. The molecule has 0 unspecified atom stereocenters. The van der Waals surface area contributed by atoms with Crippen molar-refractivity contribution in [3.05, 3.63) is 70.1 Å². The number of nitrogens with one attached hydrogen (secondary N) is 1. The third kappa shape index (κ3) is 3.83. The number of thiazole rings is 1. The van der Waals surface area contributed by atoms with Gasteiger partial charge in [0.15, 0.2) is 11.6 Å². The molecule has 3 rings (SSSR count). The highest BCUT2D eigenvalue weighted by Gasteiger charge is 2.11. The number of halogens is 2. The van der Waals surface area contributed by atoms with Crippen LogP contribution in [-0.4, -0.2) is 10.9 Å². The van der Waals surface area contributed by atoms with Crippen molar-refractivity contribution in [1.29, 1.82) is 0 Å². The van der Waals surface area contributed by atoms with Crippen molar-refractivity contribution in [2.75, 3.05) is 5.32 Å². The van der Waals surface area contributed by atoms with Gasteiger partial charge in [-0.25, -0.2) is 13.8 Å². The van der Waals surface area contributed by atoms with Crippen LogP contribution in [0.25, 0.3) is 11.3 Å². The highest BCUT2D eigenvalue weighted by molar-refractivity contribution is 7.10. The third-order valence-electron chi connectivity index (χ3n) is 3.38. The quantitative estimate of drug-likeness (QED) is 0.753. The summed E-state index contributed by atoms with van der Waals surface area (Å²) in [6, 6.07) is 11.1. The standard InChI is InChI=1S/C18H14F2N2OS/c1-11-3-2-4-13(7-11)21-17(23)9-18-22-16(10-24-18)12-5-6-14(19)15(20)8-12/h2-8,10H,9H2,1H3,(H,21,23). The molecule has 0 radical (unpaired) electrons. The highest BCUT2D eigenvalue weighted by atomic mass is 32.1. The fourth-order valence-corrected chi connectivity index (χ4v) is 3.05. The molecular weight excluding hydrogens is 330 g/mol. The number of hydrogen-bond donors (Lipinski definition) is 1. The zero-order valence-corrected chi connectivity index (χ0v) is 13.7. The largest absolute Gasteiger partial charge is 0.326 e. The Labute approximate surface area is 142 Å². The van der Waals surface area contributed by atoms with Crippen molar-refractivity contribution < 1.29 is 13.6 Å². The second-order valence-corrected chi connectivity index (χ2v) is 6.29. The van der Waals surface area contributed by atoms with Crippen molar-refractivity contribution >= 4 is 22.9 Å². The Morgan fingerprint density at radius 2 is 2.00 bits per heavy atom. The van der Waals surface area contributed by atoms with Crippen molar-refractivity contribution in [1.82, 2.24) is 4.98 Å². The molecule has 6 heteroatoms. The maximum absolute atomic E-state index is 13.3. The fourth-order valence-electron chi connectivity index (χ4n) is 2.25. The third-order valence-corrected chi connectivity index (χ3v) is 4.23. The maximum atomic E-state index is 13.3. The Morgan fingerprint density at radius 1 is 1.17 bits per heavy atom. The monoisotopic (exact) mass is 344 g/mol. The lowest BCUT2D eigenvalue weighted by Crippen LogP contribution is -2.14. The van der Waals surface area contributed by atoms with Crippen LogP contribution in [-0.2, 0) is 11.2 Å². The van der Waals surface area contributed by atoms with Gasteiger partial charge in [0.1, 0.15) is 5.01 Å². The van der Waals surface area contributed by atoms with E-state index in [4.69, 9.17) is 0 Å². The van der Waals surface area contributed by atoms with E-state index in [0.717, 1.165) is 23.4 Å². The molecule has 1 amide bonds. The summed E-state index contributed by atoms with van der Waals surface area (Å²) < 4.78 is 26.3. The second kappa shape index (κ2) is 6.88. The van der Waals surface area contributed by atoms with Crippen LogP contribution in [0.15, 0.2) is 47.8 Å². The zero-order chi connectivity index (χ0) is 17.1. The van der Waals surface area contributed by atoms with E-state index in [1.165, 1.54) is 17.4 Å². The van der Waals surface area contributed by atoms with Gasteiger partial charge in [-0.3, -0.25) is 4.79 Å². The van der Waals surface area contributed by atoms with E-state index < -0.39 is 11.6 Å². The van der Waals surface area contributed by atoms with Crippen molar-refractivity contribution in [2.45, 2.75) is 13.3 Å². The summed E-state index contributed by atoms with van der Waals surface area (Å²) in [4.78, 5) is 16.4. The fraction of sp³-hybridized carbons (Fsp3) is 0.111. The molecule has 0 aliphatic heterocycles. The van der Waals surface area contributed by atoms with E-state index in [-0.39, 0.29) is 12.3 Å². The van der Waals surface area contributed by atoms with Gasteiger partial charge < -0.3 is 5.32 Å². The van der Waals surface area contributed by atoms with E-state index in [1.807, 2.05) is 31.2 Å². The molecule has 3 aromatic rings. The number of carbonyl (C=O) groups excluding carboxylic acids is 1. The number of anilines is 1. The number of aryl methyl sites for hydroxylation is 1. The molecule has 1 heterocycles. The zero-order valence-electron chi connectivity index (χ0n) is 12.8. The van der Waals surface area contributed by atoms with Crippen LogP contribution in [0.3, 0.4) is 0 Å². The van der Waals surface area contributed by atoms with Gasteiger partial charge in [0.25, 0.3) is 0 Å². The van der Waals surface area contributed by atoms with E-state index in [0.29, 0.717) is 16.3 Å². The van der Waals surface area contributed by atoms with Crippen LogP contribution in [0.2, 0.25) is 0 Å². The smallest absolute Gasteiger partial charge is 0.231 e. The van der Waals surface area contributed by atoms with Crippen LogP contribution in [0, 0.1) is 18.6 Å². The predicted molar refractivity (Wildman–Crippen MR) is 91.0 cm³/mol. The molecule has 2 aromatic carbocycles. The summed E-state index contributed by atoms with van der Waals surface area (Å²) in [6.45, 7) is 1.95. The van der Waals surface area contributed by atoms with Gasteiger partial charge in [0.2, 0.25) is 5.91 Å². The van der Waals surface area contributed by atoms with Crippen molar-refractivity contribution in [2.24, 2.45) is 0 Å². The summed E-state index contributed by atoms with van der Waals surface area (Å²) >= 11 is 1.31. The topological polar surface area (TPSA) is 42.0 Å². The number of amides is 1. The molecule has 3 nitrogen and oxygen atoms in total. The molecule has 122 valence electrons. The maximum Gasteiger partial charge on any atom is 0.231 e. The van der Waals surface area contributed by atoms with E-state index in [9.17, 15) is 13.6 Å². The minimum Gasteiger partial charge on any atom is -0.326 e. The summed E-state index contributed by atoms with van der Waals surface area (Å²) in [5.74, 6) is -1.99. The highest BCUT2D eigenvalue weighted by Crippen LogP contribution is 2.24. The number of carbonyl (C=O) groups is 1. The van der Waals surface area contributed by atoms with Gasteiger partial charge >= 0.3 is 0 Å². The lowest BCUT2D eigenvalue weighted by Gasteiger charge is -2.04. The SMILES string of the molecule is Cc1cccc(NC(=O)Cc2nc(-c3ccc(F)c(F)c3)cs2)c1. The van der Waals surface area contributed by atoms with Gasteiger partial charge in [-0.05, 0) is 42.8 Å². The number of nitrogens with zero attached hydrogens (tertiary/aromatic N) is 1. The summed E-state index contributed by atoms with van der Waals surface area (Å²) in [7, 11) is 0. The van der Waals surface area contributed by atoms with Crippen LogP contribution < -0.4 is 5.32 Å². The summed E-state index contributed by atoms with van der Waals surface area (Å²) in [5, 5.41) is 5.15. The lowest BCUT2D eigenvalue weighted by atomic mass is 10.1. The second-order valence-electron chi connectivity index (χ2n) is 5.35. The molecule has 1 aromatic heterocycles. The Balaban J connectivity index is 1.69. The summed E-state index contributed by atoms with van der Waals surface area (Å²) in [6.07, 6.45) is 0.127. The number of benzene rings is 2. The molecule has 0 atom stereocenters. The van der Waals surface area contributed by atoms with E-state index in [1.54, 1.807) is 5.38 Å². The Morgan fingerprint density at radius 3 is 2.75 bits per heavy atom. The molecule has 0 aliphatic carbocycles. The van der Waals surface area contributed by atoms with Crippen LogP contribution in [0.5, 0.6) is 0 Å². The van der Waals surface area contributed by atoms with Crippen LogP contribution >= 0.6 is 11.3 Å². The van der Waals surface area contributed by atoms with E-state index in [2.05, 4.69) is 10.3 Å². The van der Waals surface area contributed by atoms with Gasteiger partial charge in [0.05, 0.1) is 12.1 Å². The number of rotatable bonds is 4. The Kier molecular flexibility index (Phi) is 4.66. The average molecular weight is 344 g/mol. The van der Waals surface area contributed by atoms with Gasteiger partial charge in [-0.1, -0.05) is 12.1 Å². The van der Waals surface area contributed by atoms with Gasteiger partial charge in [-0.2, -0.15) is 0 Å². The first-order valence-electron chi connectivity index (χ1n) is 7.27. The molecule has 0 bridgehead atoms. The predicted octanol–water partition coefficient (Wildman–Crippen LogP) is 4.58. The van der Waals surface area contributed by atoms with Crippen LogP contribution in [0.4, 0.5) is 14.5 Å². The van der Waals surface area contributed by atoms with Gasteiger partial charge in [-0.15, -0.1) is 11.3 Å². The normalized spacial score (nSPS) is 10.6. The minimum absolute atomic E-state index is 0.127. The molecule has 0 saturated carbocycles.